The van der Waals surface area contributed by atoms with Crippen molar-refractivity contribution < 1.29 is 9.47 Å². The van der Waals surface area contributed by atoms with Crippen LogP contribution in [0.5, 0.6) is 5.75 Å². The van der Waals surface area contributed by atoms with E-state index in [1.165, 1.54) is 5.56 Å². The highest BCUT2D eigenvalue weighted by molar-refractivity contribution is 5.39. The van der Waals surface area contributed by atoms with Crippen molar-refractivity contribution in [3.63, 3.8) is 0 Å². The van der Waals surface area contributed by atoms with Gasteiger partial charge in [-0.3, -0.25) is 0 Å². The molecule has 1 N–H and O–H groups in total. The molecule has 3 rings (SSSR count). The topological polar surface area (TPSA) is 30.5 Å². The van der Waals surface area contributed by atoms with Crippen molar-refractivity contribution in [3.8, 4) is 5.75 Å². The van der Waals surface area contributed by atoms with Gasteiger partial charge in [0.2, 0.25) is 0 Å². The van der Waals surface area contributed by atoms with Gasteiger partial charge in [0, 0.05) is 37.5 Å². The molecule has 1 fully saturated rings. The van der Waals surface area contributed by atoms with E-state index in [1.807, 2.05) is 13.1 Å². The van der Waals surface area contributed by atoms with Gasteiger partial charge in [-0.15, -0.1) is 0 Å². The summed E-state index contributed by atoms with van der Waals surface area (Å²) in [4.78, 5) is 0. The summed E-state index contributed by atoms with van der Waals surface area (Å²) < 4.78 is 11.9. The van der Waals surface area contributed by atoms with Crippen LogP contribution in [0, 0.1) is 0 Å². The van der Waals surface area contributed by atoms with E-state index in [4.69, 9.17) is 9.47 Å². The zero-order valence-corrected chi connectivity index (χ0v) is 11.1. The normalized spacial score (nSPS) is 33.7. The van der Waals surface area contributed by atoms with Crippen LogP contribution in [0.2, 0.25) is 0 Å². The van der Waals surface area contributed by atoms with E-state index >= 15 is 0 Å². The zero-order valence-electron chi connectivity index (χ0n) is 11.1. The van der Waals surface area contributed by atoms with Gasteiger partial charge in [0.1, 0.15) is 11.4 Å². The first kappa shape index (κ1) is 12.0. The van der Waals surface area contributed by atoms with Gasteiger partial charge in [-0.05, 0) is 20.0 Å². The van der Waals surface area contributed by atoms with E-state index < -0.39 is 0 Å². The average molecular weight is 247 g/mol. The van der Waals surface area contributed by atoms with Gasteiger partial charge in [0.15, 0.2) is 0 Å². The molecule has 0 aromatic heterocycles. The number of nitrogens with one attached hydrogen (secondary N) is 1. The van der Waals surface area contributed by atoms with Gasteiger partial charge in [-0.2, -0.15) is 0 Å². The van der Waals surface area contributed by atoms with Crippen molar-refractivity contribution in [1.82, 2.24) is 5.32 Å². The second-order valence-corrected chi connectivity index (χ2v) is 5.35. The highest BCUT2D eigenvalue weighted by Gasteiger charge is 2.50. The standard InChI is InChI=1S/C15H21NO2/c1-3-17-11-8-15(9-11)10-13(16-2)12-6-4-5-7-14(12)18-15/h4-7,11,13,16H,3,8-10H2,1-2H3. The Balaban J connectivity index is 1.79. The summed E-state index contributed by atoms with van der Waals surface area (Å²) in [6.45, 7) is 2.85. The molecule has 1 unspecified atom stereocenters. The molecule has 98 valence electrons. The second kappa shape index (κ2) is 4.56. The molecule has 1 heterocycles. The molecule has 18 heavy (non-hydrogen) atoms. The van der Waals surface area contributed by atoms with Gasteiger partial charge < -0.3 is 14.8 Å². The molecule has 0 saturated heterocycles. The fourth-order valence-corrected chi connectivity index (χ4v) is 3.25. The number of hydrogen-bond donors (Lipinski definition) is 1. The Morgan fingerprint density at radius 2 is 2.11 bits per heavy atom. The van der Waals surface area contributed by atoms with Crippen molar-refractivity contribution in [2.45, 2.75) is 43.9 Å². The SMILES string of the molecule is CCOC1CC2(C1)CC(NC)c1ccccc1O2. The Morgan fingerprint density at radius 3 is 2.83 bits per heavy atom. The smallest absolute Gasteiger partial charge is 0.124 e. The minimum absolute atomic E-state index is 0.00185. The number of ether oxygens (including phenoxy) is 2. The first-order valence-corrected chi connectivity index (χ1v) is 6.83. The maximum Gasteiger partial charge on any atom is 0.124 e. The third kappa shape index (κ3) is 1.91. The summed E-state index contributed by atoms with van der Waals surface area (Å²) in [6.07, 6.45) is 3.47. The van der Waals surface area contributed by atoms with Crippen molar-refractivity contribution in [2.75, 3.05) is 13.7 Å². The fraction of sp³-hybridized carbons (Fsp3) is 0.600. The van der Waals surface area contributed by atoms with Crippen molar-refractivity contribution in [1.29, 1.82) is 0 Å². The van der Waals surface area contributed by atoms with Gasteiger partial charge in [-0.25, -0.2) is 0 Å². The molecule has 0 radical (unpaired) electrons. The number of benzene rings is 1. The highest BCUT2D eigenvalue weighted by Crippen LogP contribution is 2.49. The molecular formula is C15H21NO2. The van der Waals surface area contributed by atoms with Crippen LogP contribution in [0.4, 0.5) is 0 Å². The van der Waals surface area contributed by atoms with Crippen molar-refractivity contribution in [3.05, 3.63) is 29.8 Å². The largest absolute Gasteiger partial charge is 0.487 e. The molecule has 0 bridgehead atoms. The number of para-hydroxylation sites is 1. The summed E-state index contributed by atoms with van der Waals surface area (Å²) in [5.74, 6) is 1.04. The van der Waals surface area contributed by atoms with Crippen LogP contribution in [0.1, 0.15) is 37.8 Å². The predicted molar refractivity (Wildman–Crippen MR) is 70.9 cm³/mol. The average Bonchev–Trinajstić information content (AvgIpc) is 2.36. The predicted octanol–water partition coefficient (Wildman–Crippen LogP) is 2.67. The first-order chi connectivity index (χ1) is 8.76. The zero-order chi connectivity index (χ0) is 12.6. The van der Waals surface area contributed by atoms with Gasteiger partial charge >= 0.3 is 0 Å². The molecule has 2 aliphatic rings. The molecule has 1 spiro atoms. The molecular weight excluding hydrogens is 226 g/mol. The lowest BCUT2D eigenvalue weighted by atomic mass is 9.71. The van der Waals surface area contributed by atoms with E-state index in [0.717, 1.165) is 31.6 Å². The maximum absolute atomic E-state index is 6.24. The Labute approximate surface area is 108 Å². The summed E-state index contributed by atoms with van der Waals surface area (Å²) in [5, 5.41) is 3.41. The van der Waals surface area contributed by atoms with E-state index in [1.54, 1.807) is 0 Å². The molecule has 1 aliphatic heterocycles. The summed E-state index contributed by atoms with van der Waals surface area (Å²) in [5.41, 5.74) is 1.28. The lowest BCUT2D eigenvalue weighted by molar-refractivity contribution is -0.135. The van der Waals surface area contributed by atoms with E-state index in [-0.39, 0.29) is 5.60 Å². The minimum Gasteiger partial charge on any atom is -0.487 e. The van der Waals surface area contributed by atoms with Crippen LogP contribution < -0.4 is 10.1 Å². The molecule has 3 nitrogen and oxygen atoms in total. The summed E-state index contributed by atoms with van der Waals surface area (Å²) in [6, 6.07) is 8.76. The Bertz CT molecular complexity index is 426. The second-order valence-electron chi connectivity index (χ2n) is 5.35. The van der Waals surface area contributed by atoms with Crippen molar-refractivity contribution in [2.24, 2.45) is 0 Å². The third-order valence-electron chi connectivity index (χ3n) is 4.15. The molecule has 3 heteroatoms. The number of rotatable bonds is 3. The van der Waals surface area contributed by atoms with E-state index in [2.05, 4.69) is 30.4 Å². The minimum atomic E-state index is 0.00185. The lowest BCUT2D eigenvalue weighted by Crippen LogP contribution is -2.56. The van der Waals surface area contributed by atoms with Crippen LogP contribution in [0.25, 0.3) is 0 Å². The summed E-state index contributed by atoms with van der Waals surface area (Å²) in [7, 11) is 2.03. The molecule has 0 amide bonds. The van der Waals surface area contributed by atoms with Crippen LogP contribution in [0.3, 0.4) is 0 Å². The quantitative estimate of drug-likeness (QED) is 0.890. The lowest BCUT2D eigenvalue weighted by Gasteiger charge is -2.51. The van der Waals surface area contributed by atoms with Gasteiger partial charge in [0.25, 0.3) is 0 Å². The molecule has 1 saturated carbocycles. The van der Waals surface area contributed by atoms with Crippen LogP contribution in [-0.2, 0) is 4.74 Å². The Kier molecular flexibility index (Phi) is 3.04. The third-order valence-corrected chi connectivity index (χ3v) is 4.15. The molecule has 1 aliphatic carbocycles. The fourth-order valence-electron chi connectivity index (χ4n) is 3.25. The first-order valence-electron chi connectivity index (χ1n) is 6.83. The number of hydrogen-bond acceptors (Lipinski definition) is 3. The molecule has 1 aromatic carbocycles. The summed E-state index contributed by atoms with van der Waals surface area (Å²) >= 11 is 0. The van der Waals surface area contributed by atoms with Crippen LogP contribution in [-0.4, -0.2) is 25.4 Å². The molecule has 1 atom stereocenters. The molecule has 1 aromatic rings. The van der Waals surface area contributed by atoms with E-state index in [9.17, 15) is 0 Å². The van der Waals surface area contributed by atoms with Crippen molar-refractivity contribution >= 4 is 0 Å². The van der Waals surface area contributed by atoms with E-state index in [0.29, 0.717) is 12.1 Å². The highest BCUT2D eigenvalue weighted by atomic mass is 16.5. The van der Waals surface area contributed by atoms with Crippen LogP contribution >= 0.6 is 0 Å². The number of fused-ring (bicyclic) bond motifs is 1. The van der Waals surface area contributed by atoms with Gasteiger partial charge in [-0.1, -0.05) is 18.2 Å². The monoisotopic (exact) mass is 247 g/mol. The Morgan fingerprint density at radius 1 is 1.33 bits per heavy atom. The Hall–Kier alpha value is -1.06. The van der Waals surface area contributed by atoms with Gasteiger partial charge in [0.05, 0.1) is 6.10 Å². The van der Waals surface area contributed by atoms with Crippen LogP contribution in [0.15, 0.2) is 24.3 Å². The maximum atomic E-state index is 6.24.